The predicted molar refractivity (Wildman–Crippen MR) is 126 cm³/mol. The fraction of sp³-hybridized carbons (Fsp3) is 0.409. The Hall–Kier alpha value is -2.11. The molecule has 33 heavy (non-hydrogen) atoms. The van der Waals surface area contributed by atoms with Gasteiger partial charge in [-0.25, -0.2) is 8.78 Å². The van der Waals surface area contributed by atoms with E-state index in [1.165, 1.54) is 0 Å². The zero-order valence-corrected chi connectivity index (χ0v) is 19.7. The summed E-state index contributed by atoms with van der Waals surface area (Å²) in [5.74, 6) is -2.83. The maximum atomic E-state index is 13.5. The number of alkyl halides is 2. The van der Waals surface area contributed by atoms with Crippen molar-refractivity contribution in [1.29, 1.82) is 0 Å². The van der Waals surface area contributed by atoms with Crippen LogP contribution in [0.2, 0.25) is 5.02 Å². The maximum absolute atomic E-state index is 13.5. The number of nitrogens with one attached hydrogen (secondary N) is 2. The normalized spacial score (nSPS) is 22.2. The second-order valence-corrected chi connectivity index (χ2v) is 10.3. The molecular weight excluding hydrogens is 472 g/mol. The Bertz CT molecular complexity index is 1090. The molecule has 0 amide bonds. The molecule has 0 saturated carbocycles. The van der Waals surface area contributed by atoms with Crippen LogP contribution in [0.15, 0.2) is 59.7 Å². The topological polar surface area (TPSA) is 77.0 Å². The summed E-state index contributed by atoms with van der Waals surface area (Å²) in [5.41, 5.74) is 2.44. The van der Waals surface area contributed by atoms with Gasteiger partial charge in [0.25, 0.3) is 16.1 Å². The molecule has 2 atom stereocenters. The molecule has 0 aromatic heterocycles. The first kappa shape index (κ1) is 24.0. The van der Waals surface area contributed by atoms with E-state index in [-0.39, 0.29) is 19.1 Å². The standard InChI is InChI=1S/C22H26ClF2N5O2S/c1-26-21(28-33(31,32)29-13-11-22(24,25)12-14-29)19-15-20(16-5-3-2-4-6-16)30(27-19)18-9-7-17(23)8-10-18/h2-10,20-21,26,28H,11-15H2,1H3/t20-,21?/m1/s1. The zero-order valence-electron chi connectivity index (χ0n) is 18.1. The fourth-order valence-corrected chi connectivity index (χ4v) is 5.54. The third kappa shape index (κ3) is 5.52. The lowest BCUT2D eigenvalue weighted by molar-refractivity contribution is -0.0413. The summed E-state index contributed by atoms with van der Waals surface area (Å²) in [4.78, 5) is 0. The van der Waals surface area contributed by atoms with Gasteiger partial charge in [-0.3, -0.25) is 10.3 Å². The van der Waals surface area contributed by atoms with E-state index in [1.807, 2.05) is 47.5 Å². The lowest BCUT2D eigenvalue weighted by Crippen LogP contribution is -2.55. The summed E-state index contributed by atoms with van der Waals surface area (Å²) in [6, 6.07) is 16.9. The van der Waals surface area contributed by atoms with Crippen LogP contribution in [0.25, 0.3) is 0 Å². The van der Waals surface area contributed by atoms with Crippen LogP contribution in [0, 0.1) is 0 Å². The first-order valence-electron chi connectivity index (χ1n) is 10.7. The molecular formula is C22H26ClF2N5O2S. The Kier molecular flexibility index (Phi) is 7.01. The number of halogens is 3. The SMILES string of the molecule is CNC(NS(=O)(=O)N1CCC(F)(F)CC1)C1=NN(c2ccc(Cl)cc2)[C@@H](c2ccccc2)C1. The fourth-order valence-electron chi connectivity index (χ4n) is 4.05. The van der Waals surface area contributed by atoms with Crippen LogP contribution in [0.4, 0.5) is 14.5 Å². The van der Waals surface area contributed by atoms with Gasteiger partial charge < -0.3 is 0 Å². The molecule has 1 unspecified atom stereocenters. The first-order valence-corrected chi connectivity index (χ1v) is 12.5. The van der Waals surface area contributed by atoms with Crippen molar-refractivity contribution in [3.05, 3.63) is 65.2 Å². The molecule has 1 fully saturated rings. The zero-order chi connectivity index (χ0) is 23.6. The molecule has 1 saturated heterocycles. The van der Waals surface area contributed by atoms with Gasteiger partial charge in [0.05, 0.1) is 17.4 Å². The minimum atomic E-state index is -3.98. The second kappa shape index (κ2) is 9.63. The average Bonchev–Trinajstić information content (AvgIpc) is 3.23. The van der Waals surface area contributed by atoms with Crippen molar-refractivity contribution in [2.75, 3.05) is 25.1 Å². The van der Waals surface area contributed by atoms with Gasteiger partial charge in [0.15, 0.2) is 0 Å². The molecule has 0 radical (unpaired) electrons. The molecule has 2 aromatic carbocycles. The Morgan fingerprint density at radius 3 is 2.33 bits per heavy atom. The summed E-state index contributed by atoms with van der Waals surface area (Å²) in [6.07, 6.45) is -1.29. The highest BCUT2D eigenvalue weighted by atomic mass is 35.5. The summed E-state index contributed by atoms with van der Waals surface area (Å²) >= 11 is 6.04. The van der Waals surface area contributed by atoms with Crippen LogP contribution >= 0.6 is 11.6 Å². The van der Waals surface area contributed by atoms with Crippen molar-refractivity contribution in [2.24, 2.45) is 5.10 Å². The van der Waals surface area contributed by atoms with E-state index in [4.69, 9.17) is 16.7 Å². The van der Waals surface area contributed by atoms with E-state index in [0.717, 1.165) is 15.6 Å². The number of hydrogen-bond acceptors (Lipinski definition) is 5. The Morgan fingerprint density at radius 1 is 1.09 bits per heavy atom. The molecule has 2 aliphatic heterocycles. The summed E-state index contributed by atoms with van der Waals surface area (Å²) < 4.78 is 56.5. The minimum absolute atomic E-state index is 0.142. The molecule has 2 N–H and O–H groups in total. The predicted octanol–water partition coefficient (Wildman–Crippen LogP) is 3.76. The number of piperidine rings is 1. The van der Waals surface area contributed by atoms with Crippen LogP contribution in [-0.2, 0) is 10.2 Å². The molecule has 4 rings (SSSR count). The number of hydrogen-bond donors (Lipinski definition) is 2. The van der Waals surface area contributed by atoms with E-state index in [2.05, 4.69) is 10.0 Å². The summed E-state index contributed by atoms with van der Waals surface area (Å²) in [6.45, 7) is -0.455. The van der Waals surface area contributed by atoms with Gasteiger partial charge in [0.2, 0.25) is 0 Å². The van der Waals surface area contributed by atoms with Crippen molar-refractivity contribution in [3.63, 3.8) is 0 Å². The lowest BCUT2D eigenvalue weighted by atomic mass is 10.0. The van der Waals surface area contributed by atoms with Crippen molar-refractivity contribution >= 4 is 33.2 Å². The van der Waals surface area contributed by atoms with Gasteiger partial charge in [-0.15, -0.1) is 0 Å². The van der Waals surface area contributed by atoms with Crippen LogP contribution < -0.4 is 15.0 Å². The number of rotatable bonds is 7. The largest absolute Gasteiger partial charge is 0.299 e. The highest BCUT2D eigenvalue weighted by molar-refractivity contribution is 7.87. The Balaban J connectivity index is 1.58. The third-order valence-corrected chi connectivity index (χ3v) is 7.72. The monoisotopic (exact) mass is 497 g/mol. The van der Waals surface area contributed by atoms with E-state index in [0.29, 0.717) is 17.2 Å². The molecule has 178 valence electrons. The van der Waals surface area contributed by atoms with Gasteiger partial charge in [-0.2, -0.15) is 22.5 Å². The van der Waals surface area contributed by atoms with Crippen molar-refractivity contribution in [3.8, 4) is 0 Å². The van der Waals surface area contributed by atoms with E-state index < -0.39 is 35.1 Å². The summed E-state index contributed by atoms with van der Waals surface area (Å²) in [7, 11) is -2.35. The van der Waals surface area contributed by atoms with Crippen LogP contribution in [0.5, 0.6) is 0 Å². The Morgan fingerprint density at radius 2 is 1.73 bits per heavy atom. The quantitative estimate of drug-likeness (QED) is 0.571. The molecule has 2 aromatic rings. The van der Waals surface area contributed by atoms with E-state index in [9.17, 15) is 17.2 Å². The highest BCUT2D eigenvalue weighted by Gasteiger charge is 2.40. The smallest absolute Gasteiger partial charge is 0.281 e. The lowest BCUT2D eigenvalue weighted by Gasteiger charge is -2.32. The second-order valence-electron chi connectivity index (χ2n) is 8.14. The number of hydrazone groups is 1. The van der Waals surface area contributed by atoms with Crippen LogP contribution in [0.1, 0.15) is 30.9 Å². The summed E-state index contributed by atoms with van der Waals surface area (Å²) in [5, 5.41) is 10.2. The van der Waals surface area contributed by atoms with Gasteiger partial charge in [-0.1, -0.05) is 41.9 Å². The molecule has 0 aliphatic carbocycles. The molecule has 0 spiro atoms. The Labute approximate surface area is 197 Å². The van der Waals surface area contributed by atoms with Gasteiger partial charge in [0, 0.05) is 37.4 Å². The van der Waals surface area contributed by atoms with Crippen molar-refractivity contribution in [2.45, 2.75) is 37.4 Å². The van der Waals surface area contributed by atoms with Gasteiger partial charge in [0.1, 0.15) is 6.17 Å². The molecule has 2 heterocycles. The van der Waals surface area contributed by atoms with Gasteiger partial charge >= 0.3 is 0 Å². The van der Waals surface area contributed by atoms with Crippen molar-refractivity contribution < 1.29 is 17.2 Å². The maximum Gasteiger partial charge on any atom is 0.281 e. The average molecular weight is 498 g/mol. The van der Waals surface area contributed by atoms with Crippen LogP contribution in [0.3, 0.4) is 0 Å². The molecule has 2 aliphatic rings. The molecule has 11 heteroatoms. The number of nitrogens with zero attached hydrogens (tertiary/aromatic N) is 3. The number of anilines is 1. The highest BCUT2D eigenvalue weighted by Crippen LogP contribution is 2.36. The van der Waals surface area contributed by atoms with Crippen molar-refractivity contribution in [1.82, 2.24) is 14.3 Å². The van der Waals surface area contributed by atoms with E-state index >= 15 is 0 Å². The number of benzene rings is 2. The van der Waals surface area contributed by atoms with E-state index in [1.54, 1.807) is 19.2 Å². The van der Waals surface area contributed by atoms with Gasteiger partial charge in [-0.05, 0) is 36.9 Å². The first-order chi connectivity index (χ1) is 15.7. The molecule has 7 nitrogen and oxygen atoms in total. The molecule has 0 bridgehead atoms. The third-order valence-electron chi connectivity index (χ3n) is 5.89. The van der Waals surface area contributed by atoms with Crippen LogP contribution in [-0.4, -0.2) is 50.7 Å². The minimum Gasteiger partial charge on any atom is -0.299 e.